The molecule has 0 unspecified atom stereocenters. The lowest BCUT2D eigenvalue weighted by atomic mass is 10.5. The van der Waals surface area contributed by atoms with E-state index in [0.29, 0.717) is 0 Å². The van der Waals surface area contributed by atoms with Crippen LogP contribution in [-0.4, -0.2) is 13.2 Å². The first-order valence-electron chi connectivity index (χ1n) is 2.49. The van der Waals surface area contributed by atoms with Gasteiger partial charge in [-0.05, 0) is 13.3 Å². The predicted molar refractivity (Wildman–Crippen MR) is 53.7 cm³/mol. The first kappa shape index (κ1) is 32.5. The third-order valence-corrected chi connectivity index (χ3v) is 0.553. The number of ether oxygens (including phenoxy) is 1. The molecule has 0 aliphatic rings. The van der Waals surface area contributed by atoms with E-state index in [0.717, 1.165) is 19.6 Å². The summed E-state index contributed by atoms with van der Waals surface area (Å²) in [5.74, 6) is 0. The lowest BCUT2D eigenvalue weighted by molar-refractivity contribution is 0.148. The van der Waals surface area contributed by atoms with Crippen molar-refractivity contribution in [2.75, 3.05) is 13.2 Å². The SMILES string of the molecule is C.C.C.C.CCCOCC. The average molecular weight is 152 g/mol. The van der Waals surface area contributed by atoms with Crippen LogP contribution in [0.3, 0.4) is 0 Å². The monoisotopic (exact) mass is 152 g/mol. The van der Waals surface area contributed by atoms with E-state index >= 15 is 0 Å². The maximum atomic E-state index is 4.98. The molecule has 1 nitrogen and oxygen atoms in total. The third-order valence-electron chi connectivity index (χ3n) is 0.553. The zero-order chi connectivity index (χ0) is 4.83. The molecular weight excluding hydrogens is 124 g/mol. The summed E-state index contributed by atoms with van der Waals surface area (Å²) in [7, 11) is 0. The molecule has 0 N–H and O–H groups in total. The Morgan fingerprint density at radius 3 is 1.40 bits per heavy atom. The van der Waals surface area contributed by atoms with Crippen molar-refractivity contribution in [3.63, 3.8) is 0 Å². The fraction of sp³-hybridized carbons (Fsp3) is 1.00. The van der Waals surface area contributed by atoms with Crippen LogP contribution < -0.4 is 0 Å². The van der Waals surface area contributed by atoms with Crippen molar-refractivity contribution >= 4 is 0 Å². The molecule has 0 fully saturated rings. The zero-order valence-corrected chi connectivity index (χ0v) is 4.53. The van der Waals surface area contributed by atoms with Crippen LogP contribution in [0.4, 0.5) is 0 Å². The maximum absolute atomic E-state index is 4.98. The molecule has 0 aliphatic heterocycles. The summed E-state index contributed by atoms with van der Waals surface area (Å²) in [6, 6.07) is 0. The van der Waals surface area contributed by atoms with Crippen molar-refractivity contribution in [3.05, 3.63) is 0 Å². The van der Waals surface area contributed by atoms with E-state index in [1.807, 2.05) is 6.92 Å². The smallest absolute Gasteiger partial charge is 0.0463 e. The molecule has 0 heterocycles. The molecule has 0 aromatic rings. The van der Waals surface area contributed by atoms with Gasteiger partial charge in [0.2, 0.25) is 0 Å². The van der Waals surface area contributed by atoms with E-state index in [-0.39, 0.29) is 29.7 Å². The van der Waals surface area contributed by atoms with Gasteiger partial charge >= 0.3 is 0 Å². The molecule has 0 spiro atoms. The highest BCUT2D eigenvalue weighted by Crippen LogP contribution is 1.75. The van der Waals surface area contributed by atoms with Gasteiger partial charge in [0.1, 0.15) is 0 Å². The van der Waals surface area contributed by atoms with Gasteiger partial charge in [0.05, 0.1) is 0 Å². The molecule has 0 rings (SSSR count). The van der Waals surface area contributed by atoms with Crippen molar-refractivity contribution in [1.82, 2.24) is 0 Å². The van der Waals surface area contributed by atoms with Crippen LogP contribution in [0, 0.1) is 0 Å². The minimum atomic E-state index is 0. The average Bonchev–Trinajstić information content (AvgIpc) is 1.61. The van der Waals surface area contributed by atoms with Crippen molar-refractivity contribution in [2.45, 2.75) is 50.0 Å². The summed E-state index contributed by atoms with van der Waals surface area (Å²) in [6.07, 6.45) is 1.13. The molecule has 0 radical (unpaired) electrons. The molecule has 0 amide bonds. The van der Waals surface area contributed by atoms with Crippen LogP contribution in [0.1, 0.15) is 50.0 Å². The first-order chi connectivity index (χ1) is 2.91. The van der Waals surface area contributed by atoms with Crippen LogP contribution in [0.25, 0.3) is 0 Å². The van der Waals surface area contributed by atoms with Crippen molar-refractivity contribution in [3.8, 4) is 0 Å². The fourth-order valence-electron chi connectivity index (χ4n) is 0.289. The summed E-state index contributed by atoms with van der Waals surface area (Å²) in [4.78, 5) is 0. The highest BCUT2D eigenvalue weighted by molar-refractivity contribution is 4.19. The number of hydrogen-bond acceptors (Lipinski definition) is 1. The van der Waals surface area contributed by atoms with Crippen LogP contribution in [0.2, 0.25) is 0 Å². The van der Waals surface area contributed by atoms with Crippen molar-refractivity contribution in [1.29, 1.82) is 0 Å². The largest absolute Gasteiger partial charge is 0.382 e. The molecule has 0 aromatic heterocycles. The second-order valence-electron chi connectivity index (χ2n) is 1.20. The van der Waals surface area contributed by atoms with Gasteiger partial charge < -0.3 is 4.74 Å². The Hall–Kier alpha value is -0.0400. The van der Waals surface area contributed by atoms with Crippen LogP contribution >= 0.6 is 0 Å². The van der Waals surface area contributed by atoms with Crippen LogP contribution in [0.15, 0.2) is 0 Å². The first-order valence-corrected chi connectivity index (χ1v) is 2.49. The Bertz CT molecular complexity index is 16.7. The standard InChI is InChI=1S/C5H12O.4CH4/c1-3-5-6-4-2;;;;/h3-5H2,1-2H3;4*1H4. The summed E-state index contributed by atoms with van der Waals surface area (Å²) in [6.45, 7) is 5.88. The van der Waals surface area contributed by atoms with Crippen LogP contribution in [0.5, 0.6) is 0 Å². The second kappa shape index (κ2) is 36.2. The molecule has 70 valence electrons. The highest BCUT2D eigenvalue weighted by Gasteiger charge is 1.72. The lowest BCUT2D eigenvalue weighted by Gasteiger charge is -1.91. The molecule has 0 aromatic carbocycles. The van der Waals surface area contributed by atoms with Gasteiger partial charge in [0, 0.05) is 13.2 Å². The van der Waals surface area contributed by atoms with E-state index in [4.69, 9.17) is 4.74 Å². The molecule has 10 heavy (non-hydrogen) atoms. The zero-order valence-electron chi connectivity index (χ0n) is 4.53. The van der Waals surface area contributed by atoms with E-state index in [9.17, 15) is 0 Å². The number of rotatable bonds is 3. The van der Waals surface area contributed by atoms with E-state index in [2.05, 4.69) is 6.92 Å². The van der Waals surface area contributed by atoms with Gasteiger partial charge in [0.15, 0.2) is 0 Å². The van der Waals surface area contributed by atoms with Crippen LogP contribution in [-0.2, 0) is 4.74 Å². The van der Waals surface area contributed by atoms with E-state index in [1.54, 1.807) is 0 Å². The fourth-order valence-corrected chi connectivity index (χ4v) is 0.289. The Kier molecular flexibility index (Phi) is 118. The van der Waals surface area contributed by atoms with E-state index < -0.39 is 0 Å². The Balaban J connectivity index is -0.0000000208. The Labute approximate surface area is 68.8 Å². The molecule has 0 saturated heterocycles. The normalized spacial score (nSPS) is 5.40. The molecule has 0 atom stereocenters. The number of hydrogen-bond donors (Lipinski definition) is 0. The highest BCUT2D eigenvalue weighted by atomic mass is 16.5. The van der Waals surface area contributed by atoms with Gasteiger partial charge in [-0.1, -0.05) is 36.6 Å². The topological polar surface area (TPSA) is 9.23 Å². The van der Waals surface area contributed by atoms with Gasteiger partial charge in [-0.2, -0.15) is 0 Å². The molecule has 0 saturated carbocycles. The summed E-state index contributed by atoms with van der Waals surface area (Å²) in [5, 5.41) is 0. The third kappa shape index (κ3) is 44.0. The van der Waals surface area contributed by atoms with Gasteiger partial charge in [-0.15, -0.1) is 0 Å². The summed E-state index contributed by atoms with van der Waals surface area (Å²) >= 11 is 0. The van der Waals surface area contributed by atoms with Gasteiger partial charge in [-0.25, -0.2) is 0 Å². The molecule has 1 heteroatoms. The molecular formula is C9H28O. The summed E-state index contributed by atoms with van der Waals surface area (Å²) < 4.78 is 4.98. The van der Waals surface area contributed by atoms with Crippen molar-refractivity contribution < 1.29 is 4.74 Å². The molecule has 0 bridgehead atoms. The quantitative estimate of drug-likeness (QED) is 0.556. The maximum Gasteiger partial charge on any atom is 0.0463 e. The minimum Gasteiger partial charge on any atom is -0.382 e. The van der Waals surface area contributed by atoms with Gasteiger partial charge in [0.25, 0.3) is 0 Å². The minimum absolute atomic E-state index is 0. The lowest BCUT2D eigenvalue weighted by Crippen LogP contribution is -1.88. The van der Waals surface area contributed by atoms with E-state index in [1.165, 1.54) is 0 Å². The van der Waals surface area contributed by atoms with Gasteiger partial charge in [-0.3, -0.25) is 0 Å². The summed E-state index contributed by atoms with van der Waals surface area (Å²) in [5.41, 5.74) is 0. The van der Waals surface area contributed by atoms with Crippen molar-refractivity contribution in [2.24, 2.45) is 0 Å². The Morgan fingerprint density at radius 1 is 0.900 bits per heavy atom. The second-order valence-corrected chi connectivity index (χ2v) is 1.20. The Morgan fingerprint density at radius 2 is 1.30 bits per heavy atom. The molecule has 0 aliphatic carbocycles. The predicted octanol–water partition coefficient (Wildman–Crippen LogP) is 3.98.